The SMILES string of the molecule is COc1ccc(CCC(=O)Nc2nnc(-c3ccccc3)s2)cc1OC. The number of nitrogens with zero attached hydrogens (tertiary/aromatic N) is 2. The molecule has 2 aromatic carbocycles. The van der Waals surface area contributed by atoms with Crippen LogP contribution < -0.4 is 14.8 Å². The van der Waals surface area contributed by atoms with E-state index in [2.05, 4.69) is 15.5 Å². The number of nitrogens with one attached hydrogen (secondary N) is 1. The van der Waals surface area contributed by atoms with Crippen LogP contribution in [0.2, 0.25) is 0 Å². The summed E-state index contributed by atoms with van der Waals surface area (Å²) in [4.78, 5) is 12.2. The van der Waals surface area contributed by atoms with Gasteiger partial charge in [0.1, 0.15) is 5.01 Å². The molecule has 0 unspecified atom stereocenters. The lowest BCUT2D eigenvalue weighted by molar-refractivity contribution is -0.116. The van der Waals surface area contributed by atoms with Crippen LogP contribution in [0, 0.1) is 0 Å². The van der Waals surface area contributed by atoms with Crippen molar-refractivity contribution in [2.75, 3.05) is 19.5 Å². The molecule has 0 aliphatic heterocycles. The highest BCUT2D eigenvalue weighted by atomic mass is 32.1. The quantitative estimate of drug-likeness (QED) is 0.686. The van der Waals surface area contributed by atoms with E-state index in [-0.39, 0.29) is 5.91 Å². The Labute approximate surface area is 155 Å². The highest BCUT2D eigenvalue weighted by Gasteiger charge is 2.11. The first-order valence-corrected chi connectivity index (χ1v) is 8.91. The molecule has 1 amide bonds. The van der Waals surface area contributed by atoms with Crippen LogP contribution in [-0.2, 0) is 11.2 Å². The summed E-state index contributed by atoms with van der Waals surface area (Å²) in [6.45, 7) is 0. The standard InChI is InChI=1S/C19H19N3O3S/c1-24-15-10-8-13(12-16(15)25-2)9-11-17(23)20-19-22-21-18(26-19)14-6-4-3-5-7-14/h3-8,10,12H,9,11H2,1-2H3,(H,20,22,23). The highest BCUT2D eigenvalue weighted by Crippen LogP contribution is 2.28. The van der Waals surface area contributed by atoms with Crippen LogP contribution in [0.5, 0.6) is 11.5 Å². The molecule has 0 radical (unpaired) electrons. The van der Waals surface area contributed by atoms with Crippen molar-refractivity contribution in [1.82, 2.24) is 10.2 Å². The average Bonchev–Trinajstić information content (AvgIpc) is 3.15. The predicted molar refractivity (Wildman–Crippen MR) is 102 cm³/mol. The number of aryl methyl sites for hydroxylation is 1. The van der Waals surface area contributed by atoms with Crippen LogP contribution in [0.3, 0.4) is 0 Å². The lowest BCUT2D eigenvalue weighted by Crippen LogP contribution is -2.12. The molecular formula is C19H19N3O3S. The number of hydrogen-bond acceptors (Lipinski definition) is 6. The first-order chi connectivity index (χ1) is 12.7. The van der Waals surface area contributed by atoms with Crippen molar-refractivity contribution >= 4 is 22.4 Å². The third kappa shape index (κ3) is 4.37. The van der Waals surface area contributed by atoms with Crippen molar-refractivity contribution in [3.8, 4) is 22.1 Å². The summed E-state index contributed by atoms with van der Waals surface area (Å²) >= 11 is 1.36. The fraction of sp³-hybridized carbons (Fsp3) is 0.211. The van der Waals surface area contributed by atoms with E-state index in [1.807, 2.05) is 48.5 Å². The number of aromatic nitrogens is 2. The normalized spacial score (nSPS) is 10.4. The Morgan fingerprint density at radius 2 is 1.81 bits per heavy atom. The molecule has 134 valence electrons. The third-order valence-electron chi connectivity index (χ3n) is 3.78. The Balaban J connectivity index is 1.57. The average molecular weight is 369 g/mol. The minimum Gasteiger partial charge on any atom is -0.493 e. The van der Waals surface area contributed by atoms with Gasteiger partial charge in [-0.3, -0.25) is 4.79 Å². The second-order valence-electron chi connectivity index (χ2n) is 5.52. The van der Waals surface area contributed by atoms with Gasteiger partial charge in [-0.25, -0.2) is 0 Å². The van der Waals surface area contributed by atoms with Crippen LogP contribution in [0.1, 0.15) is 12.0 Å². The van der Waals surface area contributed by atoms with Gasteiger partial charge in [-0.1, -0.05) is 47.7 Å². The van der Waals surface area contributed by atoms with Gasteiger partial charge >= 0.3 is 0 Å². The lowest BCUT2D eigenvalue weighted by atomic mass is 10.1. The Morgan fingerprint density at radius 1 is 1.04 bits per heavy atom. The number of benzene rings is 2. The van der Waals surface area contributed by atoms with E-state index in [9.17, 15) is 4.79 Å². The molecule has 0 aliphatic rings. The fourth-order valence-electron chi connectivity index (χ4n) is 2.45. The Bertz CT molecular complexity index is 881. The number of rotatable bonds is 7. The number of carbonyl (C=O) groups is 1. The molecule has 6 nitrogen and oxygen atoms in total. The zero-order valence-corrected chi connectivity index (χ0v) is 15.4. The summed E-state index contributed by atoms with van der Waals surface area (Å²) in [6.07, 6.45) is 0.937. The molecule has 3 rings (SSSR count). The van der Waals surface area contributed by atoms with Gasteiger partial charge in [0.15, 0.2) is 11.5 Å². The van der Waals surface area contributed by atoms with Crippen molar-refractivity contribution in [2.45, 2.75) is 12.8 Å². The number of methoxy groups -OCH3 is 2. The maximum Gasteiger partial charge on any atom is 0.226 e. The van der Waals surface area contributed by atoms with Crippen LogP contribution in [0.4, 0.5) is 5.13 Å². The topological polar surface area (TPSA) is 73.3 Å². The highest BCUT2D eigenvalue weighted by molar-refractivity contribution is 7.18. The zero-order valence-electron chi connectivity index (χ0n) is 14.6. The second-order valence-corrected chi connectivity index (χ2v) is 6.49. The monoisotopic (exact) mass is 369 g/mol. The van der Waals surface area contributed by atoms with Gasteiger partial charge in [0.2, 0.25) is 11.0 Å². The minimum absolute atomic E-state index is 0.101. The van der Waals surface area contributed by atoms with Gasteiger partial charge in [-0.2, -0.15) is 0 Å². The summed E-state index contributed by atoms with van der Waals surface area (Å²) in [5, 5.41) is 12.2. The summed E-state index contributed by atoms with van der Waals surface area (Å²) in [5.41, 5.74) is 1.98. The fourth-order valence-corrected chi connectivity index (χ4v) is 3.21. The molecule has 1 aromatic heterocycles. The van der Waals surface area contributed by atoms with Gasteiger partial charge in [-0.15, -0.1) is 10.2 Å². The van der Waals surface area contributed by atoms with E-state index in [0.717, 1.165) is 16.1 Å². The maximum absolute atomic E-state index is 12.2. The molecule has 0 atom stereocenters. The first-order valence-electron chi connectivity index (χ1n) is 8.09. The van der Waals surface area contributed by atoms with Gasteiger partial charge < -0.3 is 14.8 Å². The van der Waals surface area contributed by atoms with E-state index < -0.39 is 0 Å². The molecule has 26 heavy (non-hydrogen) atoms. The van der Waals surface area contributed by atoms with Gasteiger partial charge in [-0.05, 0) is 24.1 Å². The predicted octanol–water partition coefficient (Wildman–Crippen LogP) is 3.79. The molecule has 0 aliphatic carbocycles. The summed E-state index contributed by atoms with van der Waals surface area (Å²) < 4.78 is 10.5. The number of ether oxygens (including phenoxy) is 2. The van der Waals surface area contributed by atoms with E-state index in [0.29, 0.717) is 29.5 Å². The van der Waals surface area contributed by atoms with Gasteiger partial charge in [0, 0.05) is 12.0 Å². The van der Waals surface area contributed by atoms with E-state index in [1.54, 1.807) is 14.2 Å². The zero-order chi connectivity index (χ0) is 18.4. The molecule has 0 saturated carbocycles. The smallest absolute Gasteiger partial charge is 0.226 e. The molecule has 0 fully saturated rings. The number of hydrogen-bond donors (Lipinski definition) is 1. The minimum atomic E-state index is -0.101. The second kappa shape index (κ2) is 8.44. The number of carbonyl (C=O) groups excluding carboxylic acids is 1. The van der Waals surface area contributed by atoms with Crippen molar-refractivity contribution in [3.05, 3.63) is 54.1 Å². The molecule has 7 heteroatoms. The third-order valence-corrected chi connectivity index (χ3v) is 4.67. The molecular weight excluding hydrogens is 350 g/mol. The van der Waals surface area contributed by atoms with Crippen molar-refractivity contribution in [1.29, 1.82) is 0 Å². The summed E-state index contributed by atoms with van der Waals surface area (Å²) in [7, 11) is 3.19. The molecule has 0 saturated heterocycles. The number of anilines is 1. The van der Waals surface area contributed by atoms with Crippen LogP contribution >= 0.6 is 11.3 Å². The molecule has 1 heterocycles. The van der Waals surface area contributed by atoms with Crippen LogP contribution in [0.25, 0.3) is 10.6 Å². The van der Waals surface area contributed by atoms with Crippen molar-refractivity contribution in [3.63, 3.8) is 0 Å². The Hall–Kier alpha value is -2.93. The largest absolute Gasteiger partial charge is 0.493 e. The van der Waals surface area contributed by atoms with Crippen LogP contribution in [-0.4, -0.2) is 30.3 Å². The lowest BCUT2D eigenvalue weighted by Gasteiger charge is -2.09. The summed E-state index contributed by atoms with van der Waals surface area (Å²) in [5.74, 6) is 1.22. The summed E-state index contributed by atoms with van der Waals surface area (Å²) in [6, 6.07) is 15.4. The van der Waals surface area contributed by atoms with Crippen LogP contribution in [0.15, 0.2) is 48.5 Å². The Morgan fingerprint density at radius 3 is 2.54 bits per heavy atom. The number of amides is 1. The van der Waals surface area contributed by atoms with Gasteiger partial charge in [0.25, 0.3) is 0 Å². The molecule has 1 N–H and O–H groups in total. The Kier molecular flexibility index (Phi) is 5.80. The van der Waals surface area contributed by atoms with Crippen molar-refractivity contribution < 1.29 is 14.3 Å². The van der Waals surface area contributed by atoms with E-state index >= 15 is 0 Å². The van der Waals surface area contributed by atoms with Crippen molar-refractivity contribution in [2.24, 2.45) is 0 Å². The van der Waals surface area contributed by atoms with Gasteiger partial charge in [0.05, 0.1) is 14.2 Å². The van der Waals surface area contributed by atoms with E-state index in [4.69, 9.17) is 9.47 Å². The maximum atomic E-state index is 12.2. The molecule has 3 aromatic rings. The molecule has 0 spiro atoms. The van der Waals surface area contributed by atoms with E-state index in [1.165, 1.54) is 11.3 Å². The molecule has 0 bridgehead atoms. The first kappa shape index (κ1) is 17.9.